The minimum absolute atomic E-state index is 0.0185. The average molecular weight is 256 g/mol. The van der Waals surface area contributed by atoms with Gasteiger partial charge in [0.05, 0.1) is 12.0 Å². The van der Waals surface area contributed by atoms with E-state index in [0.717, 1.165) is 32.1 Å². The second kappa shape index (κ2) is 6.61. The zero-order valence-corrected chi connectivity index (χ0v) is 11.3. The highest BCUT2D eigenvalue weighted by Gasteiger charge is 2.37. The molecule has 0 aromatic carbocycles. The van der Waals surface area contributed by atoms with Crippen LogP contribution in [0.4, 0.5) is 4.79 Å². The molecule has 3 N–H and O–H groups in total. The van der Waals surface area contributed by atoms with Crippen LogP contribution in [0.15, 0.2) is 0 Å². The van der Waals surface area contributed by atoms with Crippen LogP contribution in [0.2, 0.25) is 0 Å². The van der Waals surface area contributed by atoms with Crippen LogP contribution in [0.3, 0.4) is 0 Å². The molecule has 5 nitrogen and oxygen atoms in total. The van der Waals surface area contributed by atoms with Gasteiger partial charge in [0, 0.05) is 6.54 Å². The minimum Gasteiger partial charge on any atom is -0.481 e. The van der Waals surface area contributed by atoms with E-state index in [9.17, 15) is 9.59 Å². The van der Waals surface area contributed by atoms with Crippen molar-refractivity contribution < 1.29 is 14.7 Å². The lowest BCUT2D eigenvalue weighted by Gasteiger charge is -2.28. The third-order valence-corrected chi connectivity index (χ3v) is 3.44. The number of nitrogens with one attached hydrogen (secondary N) is 2. The summed E-state index contributed by atoms with van der Waals surface area (Å²) in [5.74, 6) is -0.302. The zero-order chi connectivity index (χ0) is 13.6. The zero-order valence-electron chi connectivity index (χ0n) is 11.3. The van der Waals surface area contributed by atoms with E-state index in [-0.39, 0.29) is 12.5 Å². The predicted molar refractivity (Wildman–Crippen MR) is 69.4 cm³/mol. The third-order valence-electron chi connectivity index (χ3n) is 3.44. The number of rotatable bonds is 6. The van der Waals surface area contributed by atoms with Crippen molar-refractivity contribution in [3.05, 3.63) is 0 Å². The van der Waals surface area contributed by atoms with Crippen LogP contribution in [-0.2, 0) is 4.79 Å². The molecule has 104 valence electrons. The number of carbonyl (C=O) groups excluding carboxylic acids is 1. The number of hydrogen-bond acceptors (Lipinski definition) is 2. The Balaban J connectivity index is 2.41. The molecule has 0 spiro atoms. The molecule has 1 rings (SSSR count). The number of aliphatic carboxylic acids is 1. The molecule has 1 aliphatic rings. The highest BCUT2D eigenvalue weighted by Crippen LogP contribution is 2.32. The largest absolute Gasteiger partial charge is 0.481 e. The van der Waals surface area contributed by atoms with Crippen LogP contribution >= 0.6 is 0 Å². The fourth-order valence-electron chi connectivity index (χ4n) is 2.45. The first kappa shape index (κ1) is 14.8. The van der Waals surface area contributed by atoms with E-state index in [2.05, 4.69) is 24.5 Å². The Bertz CT molecular complexity index is 297. The molecule has 0 aromatic heterocycles. The lowest BCUT2D eigenvalue weighted by molar-refractivity contribution is -0.138. The van der Waals surface area contributed by atoms with Crippen molar-refractivity contribution in [1.82, 2.24) is 10.6 Å². The lowest BCUT2D eigenvalue weighted by Crippen LogP contribution is -2.51. The van der Waals surface area contributed by atoms with Gasteiger partial charge in [-0.25, -0.2) is 4.79 Å². The van der Waals surface area contributed by atoms with E-state index < -0.39 is 11.5 Å². The summed E-state index contributed by atoms with van der Waals surface area (Å²) in [4.78, 5) is 22.6. The van der Waals surface area contributed by atoms with Gasteiger partial charge in [0.1, 0.15) is 0 Å². The SMILES string of the molecule is CC(C)CCNC(=O)NC1(CC(=O)O)CCCC1. The molecule has 0 radical (unpaired) electrons. The van der Waals surface area contributed by atoms with Gasteiger partial charge in [-0.15, -0.1) is 0 Å². The molecule has 0 unspecified atom stereocenters. The smallest absolute Gasteiger partial charge is 0.315 e. The molecule has 0 heterocycles. The Morgan fingerprint density at radius 1 is 1.28 bits per heavy atom. The van der Waals surface area contributed by atoms with Crippen LogP contribution in [0.5, 0.6) is 0 Å². The summed E-state index contributed by atoms with van der Waals surface area (Å²) in [6.07, 6.45) is 4.44. The number of amides is 2. The fraction of sp³-hybridized carbons (Fsp3) is 0.846. The fourth-order valence-corrected chi connectivity index (χ4v) is 2.45. The highest BCUT2D eigenvalue weighted by atomic mass is 16.4. The van der Waals surface area contributed by atoms with Gasteiger partial charge in [-0.1, -0.05) is 26.7 Å². The maximum absolute atomic E-state index is 11.8. The monoisotopic (exact) mass is 256 g/mol. The van der Waals surface area contributed by atoms with Crippen molar-refractivity contribution in [2.75, 3.05) is 6.54 Å². The molecule has 0 aliphatic heterocycles. The first-order valence-corrected chi connectivity index (χ1v) is 6.71. The van der Waals surface area contributed by atoms with Crippen molar-refractivity contribution in [2.24, 2.45) is 5.92 Å². The van der Waals surface area contributed by atoms with Crippen molar-refractivity contribution in [2.45, 2.75) is 57.9 Å². The quantitative estimate of drug-likeness (QED) is 0.681. The second-order valence-electron chi connectivity index (χ2n) is 5.62. The van der Waals surface area contributed by atoms with E-state index in [1.54, 1.807) is 0 Å². The molecule has 18 heavy (non-hydrogen) atoms. The summed E-state index contributed by atoms with van der Waals surface area (Å²) in [7, 11) is 0. The number of carbonyl (C=O) groups is 2. The van der Waals surface area contributed by atoms with Crippen molar-refractivity contribution in [3.63, 3.8) is 0 Å². The standard InChI is InChI=1S/C13H24N2O3/c1-10(2)5-8-14-12(18)15-13(9-11(16)17)6-3-4-7-13/h10H,3-9H2,1-2H3,(H,16,17)(H2,14,15,18). The Morgan fingerprint density at radius 3 is 2.39 bits per heavy atom. The maximum Gasteiger partial charge on any atom is 0.315 e. The lowest BCUT2D eigenvalue weighted by atomic mass is 9.93. The summed E-state index contributed by atoms with van der Waals surface area (Å²) >= 11 is 0. The second-order valence-corrected chi connectivity index (χ2v) is 5.62. The van der Waals surface area contributed by atoms with E-state index in [1.807, 2.05) is 0 Å². The molecular weight excluding hydrogens is 232 g/mol. The molecule has 0 atom stereocenters. The van der Waals surface area contributed by atoms with Crippen LogP contribution < -0.4 is 10.6 Å². The first-order valence-electron chi connectivity index (χ1n) is 6.71. The Morgan fingerprint density at radius 2 is 1.89 bits per heavy atom. The number of urea groups is 1. The highest BCUT2D eigenvalue weighted by molar-refractivity contribution is 5.76. The molecule has 1 fully saturated rings. The summed E-state index contributed by atoms with van der Waals surface area (Å²) in [6.45, 7) is 4.83. The summed E-state index contributed by atoms with van der Waals surface area (Å²) in [5, 5.41) is 14.6. The molecule has 2 amide bonds. The van der Waals surface area contributed by atoms with E-state index in [4.69, 9.17) is 5.11 Å². The van der Waals surface area contributed by atoms with Gasteiger partial charge >= 0.3 is 12.0 Å². The Labute approximate surface area is 108 Å². The number of carboxylic acids is 1. The Hall–Kier alpha value is -1.26. The van der Waals surface area contributed by atoms with Gasteiger partial charge in [-0.3, -0.25) is 4.79 Å². The van der Waals surface area contributed by atoms with Gasteiger partial charge in [0.2, 0.25) is 0 Å². The van der Waals surface area contributed by atoms with Gasteiger partial charge in [0.25, 0.3) is 0 Å². The van der Waals surface area contributed by atoms with Crippen LogP contribution in [0.1, 0.15) is 52.4 Å². The van der Waals surface area contributed by atoms with Crippen LogP contribution in [-0.4, -0.2) is 29.2 Å². The van der Waals surface area contributed by atoms with E-state index in [0.29, 0.717) is 12.5 Å². The normalized spacial score (nSPS) is 17.7. The molecule has 5 heteroatoms. The van der Waals surface area contributed by atoms with Crippen molar-refractivity contribution in [1.29, 1.82) is 0 Å². The minimum atomic E-state index is -0.848. The van der Waals surface area contributed by atoms with Gasteiger partial charge in [-0.2, -0.15) is 0 Å². The molecule has 1 saturated carbocycles. The molecule has 0 saturated heterocycles. The number of hydrogen-bond donors (Lipinski definition) is 3. The van der Waals surface area contributed by atoms with Gasteiger partial charge in [-0.05, 0) is 25.2 Å². The summed E-state index contributed by atoms with van der Waals surface area (Å²) in [5.41, 5.74) is -0.534. The molecule has 0 aromatic rings. The average Bonchev–Trinajstić information content (AvgIpc) is 2.64. The molecular formula is C13H24N2O3. The molecule has 0 bridgehead atoms. The van der Waals surface area contributed by atoms with E-state index in [1.165, 1.54) is 0 Å². The summed E-state index contributed by atoms with van der Waals surface area (Å²) < 4.78 is 0. The predicted octanol–water partition coefficient (Wildman–Crippen LogP) is 2.12. The maximum atomic E-state index is 11.8. The van der Waals surface area contributed by atoms with Crippen molar-refractivity contribution >= 4 is 12.0 Å². The first-order chi connectivity index (χ1) is 8.43. The van der Waals surface area contributed by atoms with E-state index >= 15 is 0 Å². The topological polar surface area (TPSA) is 78.4 Å². The third kappa shape index (κ3) is 4.94. The van der Waals surface area contributed by atoms with Crippen LogP contribution in [0.25, 0.3) is 0 Å². The molecule has 1 aliphatic carbocycles. The summed E-state index contributed by atoms with van der Waals surface area (Å²) in [6, 6.07) is -0.237. The van der Waals surface area contributed by atoms with Crippen LogP contribution in [0, 0.1) is 5.92 Å². The Kier molecular flexibility index (Phi) is 5.44. The van der Waals surface area contributed by atoms with Gasteiger partial charge in [0.15, 0.2) is 0 Å². The van der Waals surface area contributed by atoms with Gasteiger partial charge < -0.3 is 15.7 Å². The van der Waals surface area contributed by atoms with Crippen molar-refractivity contribution in [3.8, 4) is 0 Å². The number of carboxylic acid groups (broad SMARTS) is 1.